The summed E-state index contributed by atoms with van der Waals surface area (Å²) in [5.41, 5.74) is 1.12. The molecule has 1 fully saturated rings. The van der Waals surface area contributed by atoms with Crippen LogP contribution >= 0.6 is 11.6 Å². The summed E-state index contributed by atoms with van der Waals surface area (Å²) in [6.07, 6.45) is 4.27. The van der Waals surface area contributed by atoms with Crippen LogP contribution in [0.2, 0.25) is 5.22 Å². The van der Waals surface area contributed by atoms with Gasteiger partial charge in [-0.3, -0.25) is 0 Å². The second-order valence-electron chi connectivity index (χ2n) is 3.52. The Bertz CT molecular complexity index is 280. The fraction of sp³-hybridized carbons (Fsp3) is 0.600. The Balaban J connectivity index is 2.14. The highest BCUT2D eigenvalue weighted by molar-refractivity contribution is 6.29. The van der Waals surface area contributed by atoms with Gasteiger partial charge in [-0.05, 0) is 43.0 Å². The predicted molar refractivity (Wildman–Crippen MR) is 52.9 cm³/mol. The highest BCUT2D eigenvalue weighted by Crippen LogP contribution is 2.43. The lowest BCUT2D eigenvalue weighted by atomic mass is 10.1. The summed E-state index contributed by atoms with van der Waals surface area (Å²) < 4.78 is 5.10. The standard InChI is InChI=1S/C10H14ClNO/c1-2-12-9(7-3-4-7)8-5-6-13-10(8)11/h5-7,9,12H,2-4H2,1H3. The van der Waals surface area contributed by atoms with Gasteiger partial charge in [0.25, 0.3) is 0 Å². The minimum Gasteiger partial charge on any atom is -0.453 e. The average molecular weight is 200 g/mol. The summed E-state index contributed by atoms with van der Waals surface area (Å²) in [6.45, 7) is 3.09. The first-order valence-corrected chi connectivity index (χ1v) is 5.17. The van der Waals surface area contributed by atoms with Gasteiger partial charge in [0.2, 0.25) is 0 Å². The lowest BCUT2D eigenvalue weighted by Gasteiger charge is -2.15. The van der Waals surface area contributed by atoms with Crippen molar-refractivity contribution in [2.45, 2.75) is 25.8 Å². The van der Waals surface area contributed by atoms with E-state index in [0.29, 0.717) is 11.3 Å². The normalized spacial score (nSPS) is 18.9. The zero-order valence-corrected chi connectivity index (χ0v) is 8.47. The first-order chi connectivity index (χ1) is 6.33. The van der Waals surface area contributed by atoms with Gasteiger partial charge < -0.3 is 9.73 Å². The number of rotatable bonds is 4. The van der Waals surface area contributed by atoms with Crippen LogP contribution in [0.25, 0.3) is 0 Å². The quantitative estimate of drug-likeness (QED) is 0.807. The van der Waals surface area contributed by atoms with Gasteiger partial charge in [-0.15, -0.1) is 0 Å². The second kappa shape index (κ2) is 3.72. The van der Waals surface area contributed by atoms with Crippen molar-refractivity contribution in [3.8, 4) is 0 Å². The highest BCUT2D eigenvalue weighted by atomic mass is 35.5. The van der Waals surface area contributed by atoms with Crippen molar-refractivity contribution >= 4 is 11.6 Å². The van der Waals surface area contributed by atoms with Gasteiger partial charge in [0, 0.05) is 11.6 Å². The minimum atomic E-state index is 0.399. The first kappa shape index (κ1) is 9.10. The maximum Gasteiger partial charge on any atom is 0.197 e. The molecule has 0 amide bonds. The maximum atomic E-state index is 5.94. The highest BCUT2D eigenvalue weighted by Gasteiger charge is 2.33. The van der Waals surface area contributed by atoms with E-state index < -0.39 is 0 Å². The topological polar surface area (TPSA) is 25.2 Å². The van der Waals surface area contributed by atoms with Crippen molar-refractivity contribution in [3.05, 3.63) is 23.1 Å². The van der Waals surface area contributed by atoms with Crippen LogP contribution < -0.4 is 5.32 Å². The second-order valence-corrected chi connectivity index (χ2v) is 3.87. The third-order valence-corrected chi connectivity index (χ3v) is 2.81. The molecular weight excluding hydrogens is 186 g/mol. The van der Waals surface area contributed by atoms with Crippen molar-refractivity contribution in [2.75, 3.05) is 6.54 Å². The van der Waals surface area contributed by atoms with Crippen LogP contribution in [0.5, 0.6) is 0 Å². The van der Waals surface area contributed by atoms with Crippen LogP contribution in [-0.2, 0) is 0 Å². The van der Waals surface area contributed by atoms with Crippen molar-refractivity contribution < 1.29 is 4.42 Å². The Morgan fingerprint density at radius 2 is 2.46 bits per heavy atom. The number of furan rings is 1. The fourth-order valence-corrected chi connectivity index (χ4v) is 1.94. The van der Waals surface area contributed by atoms with E-state index in [1.807, 2.05) is 6.07 Å². The largest absolute Gasteiger partial charge is 0.453 e. The zero-order valence-electron chi connectivity index (χ0n) is 7.72. The van der Waals surface area contributed by atoms with Crippen LogP contribution in [0.1, 0.15) is 31.4 Å². The molecule has 1 atom stereocenters. The molecule has 1 aromatic rings. The third kappa shape index (κ3) is 1.89. The lowest BCUT2D eigenvalue weighted by molar-refractivity contribution is 0.485. The Labute approximate surface area is 83.3 Å². The molecule has 2 rings (SSSR count). The average Bonchev–Trinajstić information content (AvgIpc) is 2.86. The van der Waals surface area contributed by atoms with Gasteiger partial charge in [-0.25, -0.2) is 0 Å². The van der Waals surface area contributed by atoms with E-state index in [1.165, 1.54) is 12.8 Å². The van der Waals surface area contributed by atoms with Crippen molar-refractivity contribution in [3.63, 3.8) is 0 Å². The minimum absolute atomic E-state index is 0.399. The molecule has 0 bridgehead atoms. The first-order valence-electron chi connectivity index (χ1n) is 4.79. The molecule has 1 aliphatic carbocycles. The molecule has 0 aliphatic heterocycles. The number of nitrogens with one attached hydrogen (secondary N) is 1. The van der Waals surface area contributed by atoms with E-state index in [9.17, 15) is 0 Å². The van der Waals surface area contributed by atoms with Crippen LogP contribution in [0.4, 0.5) is 0 Å². The monoisotopic (exact) mass is 199 g/mol. The van der Waals surface area contributed by atoms with E-state index in [2.05, 4.69) is 12.2 Å². The van der Waals surface area contributed by atoms with E-state index in [4.69, 9.17) is 16.0 Å². The van der Waals surface area contributed by atoms with Gasteiger partial charge in [0.15, 0.2) is 5.22 Å². The smallest absolute Gasteiger partial charge is 0.197 e. The molecule has 1 aliphatic rings. The number of hydrogen-bond donors (Lipinski definition) is 1. The van der Waals surface area contributed by atoms with Gasteiger partial charge >= 0.3 is 0 Å². The van der Waals surface area contributed by atoms with E-state index in [-0.39, 0.29) is 0 Å². The van der Waals surface area contributed by atoms with Gasteiger partial charge in [0.05, 0.1) is 6.26 Å². The fourth-order valence-electron chi connectivity index (χ4n) is 1.71. The molecule has 1 heterocycles. The molecular formula is C10H14ClNO. The van der Waals surface area contributed by atoms with E-state index in [0.717, 1.165) is 18.0 Å². The van der Waals surface area contributed by atoms with Crippen LogP contribution in [0.3, 0.4) is 0 Å². The molecule has 1 unspecified atom stereocenters. The summed E-state index contributed by atoms with van der Waals surface area (Å²) in [4.78, 5) is 0. The molecule has 72 valence electrons. The molecule has 0 aromatic carbocycles. The van der Waals surface area contributed by atoms with Gasteiger partial charge in [-0.2, -0.15) is 0 Å². The summed E-state index contributed by atoms with van der Waals surface area (Å²) in [7, 11) is 0. The summed E-state index contributed by atoms with van der Waals surface area (Å²) in [5.74, 6) is 0.759. The van der Waals surface area contributed by atoms with E-state index in [1.54, 1.807) is 6.26 Å². The maximum absolute atomic E-state index is 5.94. The van der Waals surface area contributed by atoms with Crippen LogP contribution in [0.15, 0.2) is 16.7 Å². The Morgan fingerprint density at radius 3 is 2.92 bits per heavy atom. The van der Waals surface area contributed by atoms with Crippen molar-refractivity contribution in [1.29, 1.82) is 0 Å². The van der Waals surface area contributed by atoms with Crippen LogP contribution in [0, 0.1) is 5.92 Å². The summed E-state index contributed by atoms with van der Waals surface area (Å²) >= 11 is 5.94. The summed E-state index contributed by atoms with van der Waals surface area (Å²) in [6, 6.07) is 2.37. The predicted octanol–water partition coefficient (Wildman–Crippen LogP) is 2.99. The molecule has 0 spiro atoms. The van der Waals surface area contributed by atoms with Crippen molar-refractivity contribution in [1.82, 2.24) is 5.32 Å². The van der Waals surface area contributed by atoms with Crippen molar-refractivity contribution in [2.24, 2.45) is 5.92 Å². The molecule has 0 saturated heterocycles. The Morgan fingerprint density at radius 1 is 1.69 bits per heavy atom. The molecule has 1 saturated carbocycles. The van der Waals surface area contributed by atoms with Crippen LogP contribution in [-0.4, -0.2) is 6.54 Å². The molecule has 1 N–H and O–H groups in total. The Hall–Kier alpha value is -0.470. The molecule has 13 heavy (non-hydrogen) atoms. The zero-order chi connectivity index (χ0) is 9.26. The SMILES string of the molecule is CCNC(c1ccoc1Cl)C1CC1. The third-order valence-electron chi connectivity index (χ3n) is 2.50. The lowest BCUT2D eigenvalue weighted by Crippen LogP contribution is -2.22. The van der Waals surface area contributed by atoms with Gasteiger partial charge in [0.1, 0.15) is 0 Å². The molecule has 0 radical (unpaired) electrons. The Kier molecular flexibility index (Phi) is 2.61. The summed E-state index contributed by atoms with van der Waals surface area (Å²) in [5, 5.41) is 3.98. The number of hydrogen-bond acceptors (Lipinski definition) is 2. The number of halogens is 1. The molecule has 2 nitrogen and oxygen atoms in total. The molecule has 3 heteroatoms. The molecule has 1 aromatic heterocycles. The van der Waals surface area contributed by atoms with E-state index >= 15 is 0 Å². The van der Waals surface area contributed by atoms with Gasteiger partial charge in [-0.1, -0.05) is 6.92 Å².